The minimum absolute atomic E-state index is 0.0903. The zero-order valence-corrected chi connectivity index (χ0v) is 14.2. The first-order valence-corrected chi connectivity index (χ1v) is 8.20. The molecule has 0 fully saturated rings. The van der Waals surface area contributed by atoms with Gasteiger partial charge in [0.05, 0.1) is 5.52 Å². The van der Waals surface area contributed by atoms with Crippen molar-refractivity contribution in [3.63, 3.8) is 0 Å². The molecule has 0 amide bonds. The number of aromatic nitrogens is 1. The summed E-state index contributed by atoms with van der Waals surface area (Å²) in [6, 6.07) is 16.6. The number of hydrogen-bond acceptors (Lipinski definition) is 3. The number of benzene rings is 2. The van der Waals surface area contributed by atoms with E-state index in [9.17, 15) is 5.11 Å². The van der Waals surface area contributed by atoms with Crippen molar-refractivity contribution < 1.29 is 5.11 Å². The average Bonchev–Trinajstić information content (AvgIpc) is 2.86. The van der Waals surface area contributed by atoms with E-state index in [0.29, 0.717) is 5.69 Å². The maximum atomic E-state index is 10.7. The second-order valence-electron chi connectivity index (χ2n) is 7.51. The van der Waals surface area contributed by atoms with Gasteiger partial charge in [-0.25, -0.2) is 5.53 Å². The van der Waals surface area contributed by atoms with Gasteiger partial charge in [-0.15, -0.1) is 0 Å². The van der Waals surface area contributed by atoms with E-state index >= 15 is 0 Å². The fourth-order valence-electron chi connectivity index (χ4n) is 4.56. The SMILES string of the molecule is CC1(C)C[C@](C)(c2ccccc2)c2cccc3c(N=N)c(O)n1c23. The van der Waals surface area contributed by atoms with Gasteiger partial charge in [-0.2, -0.15) is 5.11 Å². The van der Waals surface area contributed by atoms with Crippen LogP contribution in [-0.2, 0) is 11.0 Å². The molecule has 4 heteroatoms. The predicted molar refractivity (Wildman–Crippen MR) is 95.2 cm³/mol. The molecule has 0 radical (unpaired) electrons. The quantitative estimate of drug-likeness (QED) is 0.606. The Morgan fingerprint density at radius 2 is 1.75 bits per heavy atom. The highest BCUT2D eigenvalue weighted by molar-refractivity contribution is 5.98. The van der Waals surface area contributed by atoms with Gasteiger partial charge in [-0.3, -0.25) is 0 Å². The molecule has 0 unspecified atom stereocenters. The van der Waals surface area contributed by atoms with Gasteiger partial charge in [-0.1, -0.05) is 55.5 Å². The van der Waals surface area contributed by atoms with E-state index in [1.54, 1.807) is 0 Å². The molecule has 122 valence electrons. The average molecular weight is 319 g/mol. The second-order valence-corrected chi connectivity index (χ2v) is 7.51. The molecule has 1 aromatic heterocycles. The molecular weight excluding hydrogens is 298 g/mol. The summed E-state index contributed by atoms with van der Waals surface area (Å²) in [6.45, 7) is 6.54. The van der Waals surface area contributed by atoms with Crippen molar-refractivity contribution in [1.82, 2.24) is 4.57 Å². The molecule has 1 aliphatic heterocycles. The monoisotopic (exact) mass is 319 g/mol. The lowest BCUT2D eigenvalue weighted by Crippen LogP contribution is -2.41. The molecular formula is C20H21N3O. The van der Waals surface area contributed by atoms with Gasteiger partial charge in [-0.05, 0) is 31.4 Å². The fourth-order valence-corrected chi connectivity index (χ4v) is 4.56. The zero-order chi connectivity index (χ0) is 17.1. The van der Waals surface area contributed by atoms with Gasteiger partial charge in [0.1, 0.15) is 0 Å². The van der Waals surface area contributed by atoms with E-state index in [1.165, 1.54) is 11.1 Å². The van der Waals surface area contributed by atoms with Crippen LogP contribution in [0, 0.1) is 5.53 Å². The molecule has 2 aromatic carbocycles. The number of hydrogen-bond donors (Lipinski definition) is 2. The Bertz CT molecular complexity index is 956. The van der Waals surface area contributed by atoms with Crippen molar-refractivity contribution in [2.75, 3.05) is 0 Å². The lowest BCUT2D eigenvalue weighted by Gasteiger charge is -2.45. The summed E-state index contributed by atoms with van der Waals surface area (Å²) in [5, 5.41) is 15.1. The van der Waals surface area contributed by atoms with E-state index in [1.807, 2.05) is 22.8 Å². The Balaban J connectivity index is 2.16. The van der Waals surface area contributed by atoms with Gasteiger partial charge in [0, 0.05) is 16.3 Å². The summed E-state index contributed by atoms with van der Waals surface area (Å²) >= 11 is 0. The molecule has 4 rings (SSSR count). The molecule has 24 heavy (non-hydrogen) atoms. The van der Waals surface area contributed by atoms with Crippen molar-refractivity contribution in [1.29, 1.82) is 5.53 Å². The second kappa shape index (κ2) is 4.69. The van der Waals surface area contributed by atoms with Crippen LogP contribution in [0.2, 0.25) is 0 Å². The highest BCUT2D eigenvalue weighted by Crippen LogP contribution is 2.54. The maximum absolute atomic E-state index is 10.7. The van der Waals surface area contributed by atoms with Crippen molar-refractivity contribution in [3.8, 4) is 5.88 Å². The van der Waals surface area contributed by atoms with E-state index in [0.717, 1.165) is 17.3 Å². The van der Waals surface area contributed by atoms with E-state index in [2.05, 4.69) is 56.2 Å². The molecule has 3 aromatic rings. The first-order valence-electron chi connectivity index (χ1n) is 8.20. The Labute approximate surface area is 141 Å². The van der Waals surface area contributed by atoms with Crippen LogP contribution in [-0.4, -0.2) is 9.67 Å². The van der Waals surface area contributed by atoms with E-state index in [-0.39, 0.29) is 16.8 Å². The predicted octanol–water partition coefficient (Wildman–Crippen LogP) is 5.45. The Morgan fingerprint density at radius 3 is 2.42 bits per heavy atom. The molecule has 2 heterocycles. The standard InChI is InChI=1S/C20H21N3O/c1-19(2)12-20(3,13-8-5-4-6-9-13)15-11-7-10-14-16(22-21)18(24)23(19)17(14)15/h4-11,21,24H,12H2,1-3H3/t20-/m1/s1. The lowest BCUT2D eigenvalue weighted by molar-refractivity contribution is 0.236. The normalized spacial score (nSPS) is 21.8. The largest absolute Gasteiger partial charge is 0.493 e. The van der Waals surface area contributed by atoms with Gasteiger partial charge in [0.15, 0.2) is 5.69 Å². The summed E-state index contributed by atoms with van der Waals surface area (Å²) in [6.07, 6.45) is 0.857. The number of para-hydroxylation sites is 1. The third-order valence-corrected chi connectivity index (χ3v) is 5.45. The summed E-state index contributed by atoms with van der Waals surface area (Å²) in [4.78, 5) is 0. The number of aromatic hydroxyl groups is 1. The topological polar surface area (TPSA) is 61.4 Å². The summed E-state index contributed by atoms with van der Waals surface area (Å²) < 4.78 is 1.95. The van der Waals surface area contributed by atoms with E-state index in [4.69, 9.17) is 5.53 Å². The van der Waals surface area contributed by atoms with E-state index < -0.39 is 0 Å². The first-order chi connectivity index (χ1) is 11.4. The van der Waals surface area contributed by atoms with Gasteiger partial charge < -0.3 is 9.67 Å². The molecule has 1 aliphatic rings. The summed E-state index contributed by atoms with van der Waals surface area (Å²) in [7, 11) is 0. The molecule has 0 aliphatic carbocycles. The molecule has 1 atom stereocenters. The number of nitrogens with zero attached hydrogens (tertiary/aromatic N) is 2. The Morgan fingerprint density at radius 1 is 1.04 bits per heavy atom. The number of rotatable bonds is 2. The molecule has 4 nitrogen and oxygen atoms in total. The van der Waals surface area contributed by atoms with Crippen molar-refractivity contribution in [2.24, 2.45) is 5.11 Å². The highest BCUT2D eigenvalue weighted by atomic mass is 16.3. The van der Waals surface area contributed by atoms with Crippen LogP contribution < -0.4 is 0 Å². The third kappa shape index (κ3) is 1.74. The van der Waals surface area contributed by atoms with Crippen molar-refractivity contribution in [3.05, 3.63) is 59.7 Å². The van der Waals surface area contributed by atoms with Crippen LogP contribution in [0.3, 0.4) is 0 Å². The maximum Gasteiger partial charge on any atom is 0.221 e. The Kier molecular flexibility index (Phi) is 2.92. The summed E-state index contributed by atoms with van der Waals surface area (Å²) in [5.74, 6) is 0.0903. The van der Waals surface area contributed by atoms with Crippen molar-refractivity contribution in [2.45, 2.75) is 38.1 Å². The molecule has 0 saturated carbocycles. The minimum Gasteiger partial charge on any atom is -0.493 e. The molecule has 0 spiro atoms. The third-order valence-electron chi connectivity index (χ3n) is 5.45. The van der Waals surface area contributed by atoms with Gasteiger partial charge >= 0.3 is 0 Å². The van der Waals surface area contributed by atoms with Crippen LogP contribution in [0.4, 0.5) is 5.69 Å². The van der Waals surface area contributed by atoms with Crippen LogP contribution >= 0.6 is 0 Å². The van der Waals surface area contributed by atoms with Crippen LogP contribution in [0.25, 0.3) is 10.9 Å². The van der Waals surface area contributed by atoms with Crippen LogP contribution in [0.15, 0.2) is 53.6 Å². The van der Waals surface area contributed by atoms with Gasteiger partial charge in [0.2, 0.25) is 5.88 Å². The zero-order valence-electron chi connectivity index (χ0n) is 14.2. The Hall–Kier alpha value is -2.62. The van der Waals surface area contributed by atoms with Gasteiger partial charge in [0.25, 0.3) is 0 Å². The lowest BCUT2D eigenvalue weighted by atomic mass is 9.66. The first kappa shape index (κ1) is 14.9. The smallest absolute Gasteiger partial charge is 0.221 e. The molecule has 0 saturated heterocycles. The minimum atomic E-state index is -0.287. The van der Waals surface area contributed by atoms with Crippen LogP contribution in [0.1, 0.15) is 38.3 Å². The number of nitrogens with one attached hydrogen (secondary N) is 1. The summed E-state index contributed by atoms with van der Waals surface area (Å²) in [5.41, 5.74) is 10.8. The van der Waals surface area contributed by atoms with Crippen molar-refractivity contribution >= 4 is 16.6 Å². The molecule has 2 N–H and O–H groups in total. The fraction of sp³-hybridized carbons (Fsp3) is 0.300. The van der Waals surface area contributed by atoms with Crippen LogP contribution in [0.5, 0.6) is 5.88 Å². The molecule has 0 bridgehead atoms. The highest BCUT2D eigenvalue weighted by Gasteiger charge is 2.44.